The van der Waals surface area contributed by atoms with Crippen molar-refractivity contribution in [2.45, 2.75) is 44.1 Å². The third-order valence-corrected chi connectivity index (χ3v) is 4.60. The Balaban J connectivity index is 1.75. The van der Waals surface area contributed by atoms with Gasteiger partial charge in [-0.3, -0.25) is 4.90 Å². The third kappa shape index (κ3) is 2.70. The summed E-state index contributed by atoms with van der Waals surface area (Å²) >= 11 is 5.78. The molecule has 1 aromatic rings. The van der Waals surface area contributed by atoms with E-state index < -0.39 is 0 Å². The molecule has 0 saturated carbocycles. The molecule has 2 unspecified atom stereocenters. The molecule has 2 saturated heterocycles. The Morgan fingerprint density at radius 2 is 2.05 bits per heavy atom. The van der Waals surface area contributed by atoms with E-state index in [1.807, 2.05) is 12.4 Å². The Kier molecular flexibility index (Phi) is 3.89. The van der Waals surface area contributed by atoms with Gasteiger partial charge in [0.2, 0.25) is 5.95 Å². The second-order valence-corrected chi connectivity index (χ2v) is 5.94. The number of hydrogen-bond donors (Lipinski definition) is 0. The minimum Gasteiger partial charge on any atom is -0.335 e. The van der Waals surface area contributed by atoms with Crippen molar-refractivity contribution < 1.29 is 0 Å². The summed E-state index contributed by atoms with van der Waals surface area (Å²) < 4.78 is 0. The van der Waals surface area contributed by atoms with Crippen LogP contribution in [0.4, 0.5) is 5.95 Å². The summed E-state index contributed by atoms with van der Waals surface area (Å²) in [6.45, 7) is 5.71. The van der Waals surface area contributed by atoms with Gasteiger partial charge in [0.25, 0.3) is 0 Å². The van der Waals surface area contributed by atoms with Crippen molar-refractivity contribution in [2.24, 2.45) is 0 Å². The molecule has 4 nitrogen and oxygen atoms in total. The van der Waals surface area contributed by atoms with Gasteiger partial charge >= 0.3 is 0 Å². The summed E-state index contributed by atoms with van der Waals surface area (Å²) in [5.74, 6) is 1.33. The van der Waals surface area contributed by atoms with E-state index in [4.69, 9.17) is 11.6 Å². The lowest BCUT2D eigenvalue weighted by Gasteiger charge is -2.47. The maximum atomic E-state index is 5.78. The normalized spacial score (nSPS) is 28.2. The van der Waals surface area contributed by atoms with E-state index >= 15 is 0 Å². The van der Waals surface area contributed by atoms with Crippen LogP contribution in [0.25, 0.3) is 0 Å². The zero-order valence-electron chi connectivity index (χ0n) is 11.4. The topological polar surface area (TPSA) is 32.3 Å². The molecule has 2 atom stereocenters. The first-order valence-corrected chi connectivity index (χ1v) is 7.69. The van der Waals surface area contributed by atoms with Crippen molar-refractivity contribution in [3.05, 3.63) is 18.0 Å². The summed E-state index contributed by atoms with van der Waals surface area (Å²) in [6, 6.07) is 1.16. The number of anilines is 1. The van der Waals surface area contributed by atoms with Crippen LogP contribution in [0.1, 0.15) is 31.7 Å². The first kappa shape index (κ1) is 13.1. The van der Waals surface area contributed by atoms with Crippen LogP contribution in [-0.4, -0.2) is 46.6 Å². The van der Waals surface area contributed by atoms with Gasteiger partial charge < -0.3 is 4.90 Å². The molecular weight excluding hydrogens is 260 g/mol. The molecule has 0 N–H and O–H groups in total. The second kappa shape index (κ2) is 5.63. The molecule has 0 radical (unpaired) electrons. The first-order chi connectivity index (χ1) is 9.28. The fourth-order valence-corrected chi connectivity index (χ4v) is 3.33. The van der Waals surface area contributed by atoms with Crippen LogP contribution < -0.4 is 4.90 Å². The predicted octanol–water partition coefficient (Wildman–Crippen LogP) is 2.28. The van der Waals surface area contributed by atoms with Crippen LogP contribution in [0, 0.1) is 0 Å². The molecule has 5 heteroatoms. The van der Waals surface area contributed by atoms with Crippen LogP contribution in [0.5, 0.6) is 0 Å². The van der Waals surface area contributed by atoms with E-state index in [2.05, 4.69) is 26.7 Å². The molecule has 3 heterocycles. The van der Waals surface area contributed by atoms with E-state index in [0.29, 0.717) is 18.0 Å². The standard InChI is InChI=1S/C14H21ClN4/c1-11-9-18-5-3-2-4-13(18)10-19(11)14-16-7-12(6-15)8-17-14/h7-8,11,13H,2-6,9-10H2,1H3. The fourth-order valence-electron chi connectivity index (χ4n) is 3.20. The first-order valence-electron chi connectivity index (χ1n) is 7.15. The van der Waals surface area contributed by atoms with Crippen LogP contribution in [-0.2, 0) is 5.88 Å². The number of piperazine rings is 1. The molecule has 1 aromatic heterocycles. The number of hydrogen-bond acceptors (Lipinski definition) is 4. The predicted molar refractivity (Wildman–Crippen MR) is 77.6 cm³/mol. The average Bonchev–Trinajstić information content (AvgIpc) is 2.47. The number of piperidine rings is 1. The van der Waals surface area contributed by atoms with Gasteiger partial charge in [0.1, 0.15) is 0 Å². The van der Waals surface area contributed by atoms with E-state index in [1.165, 1.54) is 25.8 Å². The molecule has 19 heavy (non-hydrogen) atoms. The number of alkyl halides is 1. The van der Waals surface area contributed by atoms with Gasteiger partial charge in [0.15, 0.2) is 0 Å². The second-order valence-electron chi connectivity index (χ2n) is 5.67. The molecule has 2 aliphatic heterocycles. The molecular formula is C14H21ClN4. The van der Waals surface area contributed by atoms with E-state index in [1.54, 1.807) is 0 Å². The van der Waals surface area contributed by atoms with Crippen molar-refractivity contribution >= 4 is 17.5 Å². The highest BCUT2D eigenvalue weighted by atomic mass is 35.5. The molecule has 0 aliphatic carbocycles. The highest BCUT2D eigenvalue weighted by Crippen LogP contribution is 2.26. The Morgan fingerprint density at radius 3 is 2.79 bits per heavy atom. The lowest BCUT2D eigenvalue weighted by molar-refractivity contribution is 0.115. The van der Waals surface area contributed by atoms with Gasteiger partial charge in [-0.15, -0.1) is 11.6 Å². The molecule has 2 aliphatic rings. The van der Waals surface area contributed by atoms with Crippen molar-refractivity contribution in [3.8, 4) is 0 Å². The van der Waals surface area contributed by atoms with Gasteiger partial charge in [-0.25, -0.2) is 9.97 Å². The van der Waals surface area contributed by atoms with Crippen LogP contribution in [0.2, 0.25) is 0 Å². The van der Waals surface area contributed by atoms with Gasteiger partial charge in [0.05, 0.1) is 5.88 Å². The minimum absolute atomic E-state index is 0.478. The number of fused-ring (bicyclic) bond motifs is 1. The summed E-state index contributed by atoms with van der Waals surface area (Å²) in [4.78, 5) is 13.9. The Morgan fingerprint density at radius 1 is 1.26 bits per heavy atom. The van der Waals surface area contributed by atoms with Gasteiger partial charge in [-0.1, -0.05) is 6.42 Å². The number of nitrogens with zero attached hydrogens (tertiary/aromatic N) is 4. The minimum atomic E-state index is 0.478. The Hall–Kier alpha value is -0.870. The quantitative estimate of drug-likeness (QED) is 0.778. The largest absolute Gasteiger partial charge is 0.335 e. The molecule has 0 bridgehead atoms. The summed E-state index contributed by atoms with van der Waals surface area (Å²) in [5, 5.41) is 0. The van der Waals surface area contributed by atoms with Crippen LogP contribution >= 0.6 is 11.6 Å². The number of aromatic nitrogens is 2. The lowest BCUT2D eigenvalue weighted by Crippen LogP contribution is -2.59. The molecule has 3 rings (SSSR count). The fraction of sp³-hybridized carbons (Fsp3) is 0.714. The van der Waals surface area contributed by atoms with E-state index in [-0.39, 0.29) is 0 Å². The highest BCUT2D eigenvalue weighted by Gasteiger charge is 2.33. The zero-order valence-corrected chi connectivity index (χ0v) is 12.2. The SMILES string of the molecule is CC1CN2CCCCC2CN1c1ncc(CCl)cn1. The number of rotatable bonds is 2. The van der Waals surface area contributed by atoms with Crippen molar-refractivity contribution in [2.75, 3.05) is 24.5 Å². The maximum Gasteiger partial charge on any atom is 0.225 e. The van der Waals surface area contributed by atoms with E-state index in [0.717, 1.165) is 24.6 Å². The van der Waals surface area contributed by atoms with Gasteiger partial charge in [-0.05, 0) is 26.3 Å². The van der Waals surface area contributed by atoms with Crippen molar-refractivity contribution in [1.82, 2.24) is 14.9 Å². The van der Waals surface area contributed by atoms with Gasteiger partial charge in [0, 0.05) is 43.1 Å². The lowest BCUT2D eigenvalue weighted by atomic mass is 9.97. The zero-order chi connectivity index (χ0) is 13.2. The maximum absolute atomic E-state index is 5.78. The van der Waals surface area contributed by atoms with Crippen LogP contribution in [0.15, 0.2) is 12.4 Å². The molecule has 104 valence electrons. The molecule has 0 amide bonds. The highest BCUT2D eigenvalue weighted by molar-refractivity contribution is 6.17. The smallest absolute Gasteiger partial charge is 0.225 e. The summed E-state index contributed by atoms with van der Waals surface area (Å²) in [6.07, 6.45) is 7.70. The molecule has 2 fully saturated rings. The third-order valence-electron chi connectivity index (χ3n) is 4.29. The molecule has 0 aromatic carbocycles. The average molecular weight is 281 g/mol. The Bertz CT molecular complexity index is 422. The summed E-state index contributed by atoms with van der Waals surface area (Å²) in [7, 11) is 0. The molecule has 0 spiro atoms. The van der Waals surface area contributed by atoms with Crippen molar-refractivity contribution in [3.63, 3.8) is 0 Å². The van der Waals surface area contributed by atoms with Crippen LogP contribution in [0.3, 0.4) is 0 Å². The summed E-state index contributed by atoms with van der Waals surface area (Å²) in [5.41, 5.74) is 0.981. The Labute approximate surface area is 119 Å². The van der Waals surface area contributed by atoms with Crippen molar-refractivity contribution in [1.29, 1.82) is 0 Å². The number of halogens is 1. The monoisotopic (exact) mass is 280 g/mol. The van der Waals surface area contributed by atoms with E-state index in [9.17, 15) is 0 Å². The van der Waals surface area contributed by atoms with Gasteiger partial charge in [-0.2, -0.15) is 0 Å².